The topological polar surface area (TPSA) is 30.7 Å². The maximum absolute atomic E-state index is 5.54. The molecule has 0 radical (unpaired) electrons. The number of benzene rings is 7. The first-order valence-electron chi connectivity index (χ1n) is 17.8. The third-order valence-electron chi connectivity index (χ3n) is 11.6. The number of para-hydroxylation sites is 1. The predicted octanol–water partition coefficient (Wildman–Crippen LogP) is 12.1. The molecule has 2 aliphatic rings. The number of hydrogen-bond donors (Lipinski definition) is 0. The molecule has 11 rings (SSSR count). The minimum Gasteiger partial charge on any atom is -0.278 e. The van der Waals surface area contributed by atoms with Gasteiger partial charge in [-0.3, -0.25) is 4.57 Å². The standard InChI is InChI=1S/C47H33N3/c1-2-12-30(13-3-1)32-20-24-38-43(29-32)50(42-25-22-31-14-4-5-15-34(31)44(38)42)46-48-41-19-9-7-17-37(41)45(49-46)33-21-23-36-35-16-6-8-18-39(35)47(40(36)28-33)26-10-11-27-47/h1-9,12-25,28-29H,10-11,26-27H2. The summed E-state index contributed by atoms with van der Waals surface area (Å²) in [5, 5.41) is 5.97. The van der Waals surface area contributed by atoms with E-state index in [0.717, 1.165) is 33.2 Å². The Balaban J connectivity index is 1.20. The molecule has 2 heterocycles. The van der Waals surface area contributed by atoms with Crippen LogP contribution >= 0.6 is 0 Å². The molecule has 2 aromatic heterocycles. The van der Waals surface area contributed by atoms with Crippen LogP contribution in [0.3, 0.4) is 0 Å². The van der Waals surface area contributed by atoms with Crippen molar-refractivity contribution in [2.45, 2.75) is 31.1 Å². The third kappa shape index (κ3) is 3.86. The van der Waals surface area contributed by atoms with Crippen molar-refractivity contribution in [3.63, 3.8) is 0 Å². The van der Waals surface area contributed by atoms with Gasteiger partial charge < -0.3 is 0 Å². The minimum atomic E-state index is 0.0926. The van der Waals surface area contributed by atoms with E-state index in [4.69, 9.17) is 9.97 Å². The normalized spacial score (nSPS) is 14.6. The summed E-state index contributed by atoms with van der Waals surface area (Å²) in [6, 6.07) is 55.3. The summed E-state index contributed by atoms with van der Waals surface area (Å²) in [5.41, 5.74) is 13.5. The van der Waals surface area contributed by atoms with Crippen molar-refractivity contribution in [1.82, 2.24) is 14.5 Å². The Labute approximate surface area is 290 Å². The molecule has 0 amide bonds. The Bertz CT molecular complexity index is 2820. The van der Waals surface area contributed by atoms with Gasteiger partial charge >= 0.3 is 0 Å². The van der Waals surface area contributed by atoms with Crippen LogP contribution in [0.4, 0.5) is 0 Å². The van der Waals surface area contributed by atoms with Gasteiger partial charge in [0.1, 0.15) is 0 Å². The first-order valence-corrected chi connectivity index (χ1v) is 17.8. The molecule has 7 aromatic carbocycles. The third-order valence-corrected chi connectivity index (χ3v) is 11.6. The summed E-state index contributed by atoms with van der Waals surface area (Å²) in [4.78, 5) is 10.9. The molecular weight excluding hydrogens is 607 g/mol. The highest BCUT2D eigenvalue weighted by Gasteiger charge is 2.45. The van der Waals surface area contributed by atoms with E-state index in [1.165, 1.54) is 80.6 Å². The van der Waals surface area contributed by atoms with Crippen LogP contribution in [0.15, 0.2) is 152 Å². The van der Waals surface area contributed by atoms with E-state index < -0.39 is 0 Å². The summed E-state index contributed by atoms with van der Waals surface area (Å²) < 4.78 is 2.29. The molecule has 50 heavy (non-hydrogen) atoms. The van der Waals surface area contributed by atoms with Crippen molar-refractivity contribution in [3.05, 3.63) is 163 Å². The van der Waals surface area contributed by atoms with E-state index in [1.807, 2.05) is 0 Å². The van der Waals surface area contributed by atoms with Crippen LogP contribution in [0.2, 0.25) is 0 Å². The monoisotopic (exact) mass is 639 g/mol. The lowest BCUT2D eigenvalue weighted by molar-refractivity contribution is 0.550. The van der Waals surface area contributed by atoms with Gasteiger partial charge in [-0.1, -0.05) is 140 Å². The molecule has 3 heteroatoms. The zero-order chi connectivity index (χ0) is 32.8. The molecule has 2 aliphatic carbocycles. The van der Waals surface area contributed by atoms with Crippen molar-refractivity contribution in [2.24, 2.45) is 0 Å². The highest BCUT2D eigenvalue weighted by molar-refractivity contribution is 6.21. The lowest BCUT2D eigenvalue weighted by Crippen LogP contribution is -2.20. The van der Waals surface area contributed by atoms with E-state index >= 15 is 0 Å². The second kappa shape index (κ2) is 10.5. The summed E-state index contributed by atoms with van der Waals surface area (Å²) in [7, 11) is 0. The van der Waals surface area contributed by atoms with Crippen LogP contribution in [0, 0.1) is 0 Å². The van der Waals surface area contributed by atoms with E-state index in [0.29, 0.717) is 5.95 Å². The smallest absolute Gasteiger partial charge is 0.235 e. The van der Waals surface area contributed by atoms with E-state index in [2.05, 4.69) is 156 Å². The molecule has 1 saturated carbocycles. The maximum atomic E-state index is 5.54. The number of hydrogen-bond acceptors (Lipinski definition) is 2. The van der Waals surface area contributed by atoms with Gasteiger partial charge in [0.15, 0.2) is 0 Å². The first-order chi connectivity index (χ1) is 24.8. The zero-order valence-electron chi connectivity index (χ0n) is 27.6. The van der Waals surface area contributed by atoms with Crippen LogP contribution in [0.5, 0.6) is 0 Å². The summed E-state index contributed by atoms with van der Waals surface area (Å²) in [5.74, 6) is 0.693. The first kappa shape index (κ1) is 27.8. The fraction of sp³-hybridized carbons (Fsp3) is 0.106. The number of fused-ring (bicyclic) bond motifs is 11. The molecule has 0 aliphatic heterocycles. The van der Waals surface area contributed by atoms with E-state index in [9.17, 15) is 0 Å². The number of nitrogens with zero attached hydrogens (tertiary/aromatic N) is 3. The van der Waals surface area contributed by atoms with E-state index in [1.54, 1.807) is 0 Å². The molecule has 0 unspecified atom stereocenters. The number of aromatic nitrogens is 3. The summed E-state index contributed by atoms with van der Waals surface area (Å²) in [6.45, 7) is 0. The van der Waals surface area contributed by atoms with Crippen LogP contribution < -0.4 is 0 Å². The zero-order valence-corrected chi connectivity index (χ0v) is 27.6. The van der Waals surface area contributed by atoms with Crippen LogP contribution in [0.1, 0.15) is 36.8 Å². The van der Waals surface area contributed by atoms with Gasteiger partial charge in [-0.2, -0.15) is 0 Å². The van der Waals surface area contributed by atoms with Crippen molar-refractivity contribution in [2.75, 3.05) is 0 Å². The van der Waals surface area contributed by atoms with Gasteiger partial charge in [0.05, 0.1) is 22.2 Å². The van der Waals surface area contributed by atoms with Crippen LogP contribution in [-0.2, 0) is 5.41 Å². The Morgan fingerprint density at radius 3 is 2.12 bits per heavy atom. The largest absolute Gasteiger partial charge is 0.278 e. The Morgan fingerprint density at radius 1 is 0.480 bits per heavy atom. The van der Waals surface area contributed by atoms with Gasteiger partial charge in [-0.15, -0.1) is 0 Å². The number of rotatable bonds is 3. The summed E-state index contributed by atoms with van der Waals surface area (Å²) >= 11 is 0. The van der Waals surface area contributed by atoms with Crippen molar-refractivity contribution in [3.8, 4) is 39.5 Å². The molecule has 0 N–H and O–H groups in total. The lowest BCUT2D eigenvalue weighted by atomic mass is 9.76. The minimum absolute atomic E-state index is 0.0926. The van der Waals surface area contributed by atoms with Gasteiger partial charge in [0.25, 0.3) is 0 Å². The predicted molar refractivity (Wildman–Crippen MR) is 207 cm³/mol. The lowest BCUT2D eigenvalue weighted by Gasteiger charge is -2.27. The molecule has 3 nitrogen and oxygen atoms in total. The highest BCUT2D eigenvalue weighted by Crippen LogP contribution is 2.57. The maximum Gasteiger partial charge on any atom is 0.235 e. The average molecular weight is 640 g/mol. The van der Waals surface area contributed by atoms with Crippen LogP contribution in [-0.4, -0.2) is 14.5 Å². The average Bonchev–Trinajstić information content (AvgIpc) is 3.88. The molecule has 0 bridgehead atoms. The fourth-order valence-corrected chi connectivity index (χ4v) is 9.32. The molecule has 0 saturated heterocycles. The highest BCUT2D eigenvalue weighted by atomic mass is 15.2. The molecule has 0 atom stereocenters. The van der Waals surface area contributed by atoms with E-state index in [-0.39, 0.29) is 5.41 Å². The molecular formula is C47H33N3. The Morgan fingerprint density at radius 2 is 1.22 bits per heavy atom. The molecule has 1 fully saturated rings. The summed E-state index contributed by atoms with van der Waals surface area (Å²) in [6.07, 6.45) is 4.95. The van der Waals surface area contributed by atoms with Gasteiger partial charge in [-0.05, 0) is 81.3 Å². The van der Waals surface area contributed by atoms with Gasteiger partial charge in [-0.25, -0.2) is 9.97 Å². The van der Waals surface area contributed by atoms with Gasteiger partial charge in [0, 0.05) is 27.1 Å². The fourth-order valence-electron chi connectivity index (χ4n) is 9.32. The molecule has 9 aromatic rings. The van der Waals surface area contributed by atoms with Crippen molar-refractivity contribution < 1.29 is 0 Å². The SMILES string of the molecule is c1ccc(-c2ccc3c4c5ccccc5ccc4n(-c4nc(-c5ccc6c(c5)C5(CCCC5)c5ccccc5-6)c5ccccc5n4)c3c2)cc1. The Hall–Kier alpha value is -6.06. The van der Waals surface area contributed by atoms with Crippen molar-refractivity contribution >= 4 is 43.5 Å². The van der Waals surface area contributed by atoms with Crippen molar-refractivity contribution in [1.29, 1.82) is 0 Å². The second-order valence-electron chi connectivity index (χ2n) is 14.1. The Kier molecular flexibility index (Phi) is 5.83. The van der Waals surface area contributed by atoms with Crippen LogP contribution in [0.25, 0.3) is 82.9 Å². The molecule has 236 valence electrons. The second-order valence-corrected chi connectivity index (χ2v) is 14.1. The quantitative estimate of drug-likeness (QED) is 0.193. The molecule has 1 spiro atoms. The van der Waals surface area contributed by atoms with Gasteiger partial charge in [0.2, 0.25) is 5.95 Å².